The first-order chi connectivity index (χ1) is 9.33. The summed E-state index contributed by atoms with van der Waals surface area (Å²) in [4.78, 5) is 0. The highest BCUT2D eigenvalue weighted by molar-refractivity contribution is 5.48. The zero-order chi connectivity index (χ0) is 13.5. The van der Waals surface area contributed by atoms with Crippen LogP contribution >= 0.6 is 0 Å². The van der Waals surface area contributed by atoms with Crippen LogP contribution in [0, 0.1) is 5.92 Å². The zero-order valence-corrected chi connectivity index (χ0v) is 11.9. The van der Waals surface area contributed by atoms with E-state index < -0.39 is 0 Å². The molecule has 1 aromatic carbocycles. The number of hydrogen-bond donors (Lipinski definition) is 0. The van der Waals surface area contributed by atoms with Crippen molar-refractivity contribution in [2.24, 2.45) is 5.92 Å². The third-order valence-electron chi connectivity index (χ3n) is 3.65. The SMILES string of the molecule is CCC[C@@H]1O[C@@H](/C=C\c2ccccc2)OC[C@H]1CC. The first-order valence-corrected chi connectivity index (χ1v) is 7.33. The summed E-state index contributed by atoms with van der Waals surface area (Å²) in [5, 5.41) is 0. The van der Waals surface area contributed by atoms with Gasteiger partial charge in [-0.05, 0) is 24.5 Å². The van der Waals surface area contributed by atoms with Gasteiger partial charge in [0.1, 0.15) is 0 Å². The van der Waals surface area contributed by atoms with E-state index in [1.54, 1.807) is 0 Å². The van der Waals surface area contributed by atoms with Gasteiger partial charge in [0.15, 0.2) is 6.29 Å². The Kier molecular flexibility index (Phi) is 5.62. The quantitative estimate of drug-likeness (QED) is 0.787. The van der Waals surface area contributed by atoms with E-state index in [0.717, 1.165) is 25.9 Å². The van der Waals surface area contributed by atoms with Gasteiger partial charge in [0.2, 0.25) is 0 Å². The Bertz CT molecular complexity index is 386. The van der Waals surface area contributed by atoms with Crippen LogP contribution in [0.5, 0.6) is 0 Å². The summed E-state index contributed by atoms with van der Waals surface area (Å²) in [5.74, 6) is 0.543. The molecule has 1 heterocycles. The lowest BCUT2D eigenvalue weighted by Crippen LogP contribution is -2.38. The molecule has 0 amide bonds. The molecule has 1 fully saturated rings. The molecule has 0 saturated carbocycles. The van der Waals surface area contributed by atoms with Crippen molar-refractivity contribution in [2.75, 3.05) is 6.61 Å². The summed E-state index contributed by atoms with van der Waals surface area (Å²) in [6.45, 7) is 5.23. The van der Waals surface area contributed by atoms with E-state index in [-0.39, 0.29) is 6.29 Å². The highest BCUT2D eigenvalue weighted by Crippen LogP contribution is 2.25. The summed E-state index contributed by atoms with van der Waals surface area (Å²) < 4.78 is 11.8. The van der Waals surface area contributed by atoms with Gasteiger partial charge in [-0.1, -0.05) is 56.7 Å². The number of ether oxygens (including phenoxy) is 2. The van der Waals surface area contributed by atoms with Crippen molar-refractivity contribution in [2.45, 2.75) is 45.5 Å². The Hall–Kier alpha value is -1.12. The summed E-state index contributed by atoms with van der Waals surface area (Å²) in [6, 6.07) is 10.3. The van der Waals surface area contributed by atoms with Crippen LogP contribution in [0.4, 0.5) is 0 Å². The van der Waals surface area contributed by atoms with Gasteiger partial charge < -0.3 is 9.47 Å². The van der Waals surface area contributed by atoms with Crippen LogP contribution in [0.1, 0.15) is 38.7 Å². The maximum absolute atomic E-state index is 6.04. The van der Waals surface area contributed by atoms with Gasteiger partial charge in [-0.15, -0.1) is 0 Å². The Morgan fingerprint density at radius 3 is 2.68 bits per heavy atom. The fraction of sp³-hybridized carbons (Fsp3) is 0.529. The molecule has 3 atom stereocenters. The van der Waals surface area contributed by atoms with Crippen LogP contribution in [0.25, 0.3) is 6.08 Å². The topological polar surface area (TPSA) is 18.5 Å². The highest BCUT2D eigenvalue weighted by Gasteiger charge is 2.28. The molecule has 0 spiro atoms. The predicted molar refractivity (Wildman–Crippen MR) is 78.8 cm³/mol. The van der Waals surface area contributed by atoms with Crippen molar-refractivity contribution < 1.29 is 9.47 Å². The lowest BCUT2D eigenvalue weighted by molar-refractivity contribution is -0.214. The lowest BCUT2D eigenvalue weighted by Gasteiger charge is -2.35. The molecule has 1 aromatic rings. The smallest absolute Gasteiger partial charge is 0.177 e. The average molecular weight is 260 g/mol. The molecule has 1 aliphatic heterocycles. The lowest BCUT2D eigenvalue weighted by atomic mass is 9.96. The van der Waals surface area contributed by atoms with E-state index in [1.165, 1.54) is 5.56 Å². The summed E-state index contributed by atoms with van der Waals surface area (Å²) >= 11 is 0. The molecule has 0 radical (unpaired) electrons. The molecule has 19 heavy (non-hydrogen) atoms. The van der Waals surface area contributed by atoms with Crippen molar-refractivity contribution in [1.82, 2.24) is 0 Å². The predicted octanol–water partition coefficient (Wildman–Crippen LogP) is 4.27. The normalized spacial score (nSPS) is 27.8. The number of rotatable bonds is 5. The van der Waals surface area contributed by atoms with Gasteiger partial charge in [0.25, 0.3) is 0 Å². The zero-order valence-electron chi connectivity index (χ0n) is 11.9. The molecule has 0 N–H and O–H groups in total. The van der Waals surface area contributed by atoms with E-state index in [2.05, 4.69) is 32.1 Å². The standard InChI is InChI=1S/C17H24O2/c1-3-8-16-15(4-2)13-18-17(19-16)12-11-14-9-6-5-7-10-14/h5-7,9-12,15-17H,3-4,8,13H2,1-2H3/b12-11-/t15-,16+,17+/m1/s1. The van der Waals surface area contributed by atoms with Crippen molar-refractivity contribution in [1.29, 1.82) is 0 Å². The summed E-state index contributed by atoms with van der Waals surface area (Å²) in [5.41, 5.74) is 1.18. The van der Waals surface area contributed by atoms with E-state index in [4.69, 9.17) is 9.47 Å². The molecule has 0 aliphatic carbocycles. The molecule has 104 valence electrons. The maximum Gasteiger partial charge on any atom is 0.177 e. The third-order valence-corrected chi connectivity index (χ3v) is 3.65. The molecule has 0 bridgehead atoms. The van der Waals surface area contributed by atoms with Gasteiger partial charge >= 0.3 is 0 Å². The molecule has 1 saturated heterocycles. The van der Waals surface area contributed by atoms with Crippen molar-refractivity contribution in [3.05, 3.63) is 42.0 Å². The van der Waals surface area contributed by atoms with Crippen LogP contribution in [0.3, 0.4) is 0 Å². The monoisotopic (exact) mass is 260 g/mol. The minimum Gasteiger partial charge on any atom is -0.349 e. The second-order valence-electron chi connectivity index (χ2n) is 5.10. The van der Waals surface area contributed by atoms with Gasteiger partial charge in [-0.25, -0.2) is 0 Å². The molecule has 1 aliphatic rings. The van der Waals surface area contributed by atoms with Crippen LogP contribution < -0.4 is 0 Å². The van der Waals surface area contributed by atoms with Crippen LogP contribution in [-0.4, -0.2) is 19.0 Å². The minimum atomic E-state index is -0.195. The van der Waals surface area contributed by atoms with E-state index >= 15 is 0 Å². The first-order valence-electron chi connectivity index (χ1n) is 7.33. The van der Waals surface area contributed by atoms with Crippen LogP contribution in [0.2, 0.25) is 0 Å². The minimum absolute atomic E-state index is 0.195. The van der Waals surface area contributed by atoms with Gasteiger partial charge in [-0.3, -0.25) is 0 Å². The second-order valence-corrected chi connectivity index (χ2v) is 5.10. The molecule has 0 aromatic heterocycles. The molecule has 2 heteroatoms. The van der Waals surface area contributed by atoms with E-state index in [1.807, 2.05) is 24.3 Å². The molecule has 0 unspecified atom stereocenters. The third kappa shape index (κ3) is 4.19. The van der Waals surface area contributed by atoms with Gasteiger partial charge in [0.05, 0.1) is 12.7 Å². The van der Waals surface area contributed by atoms with Gasteiger partial charge in [-0.2, -0.15) is 0 Å². The Balaban J connectivity index is 1.93. The Morgan fingerprint density at radius 2 is 2.00 bits per heavy atom. The van der Waals surface area contributed by atoms with Crippen LogP contribution in [0.15, 0.2) is 36.4 Å². The molecule has 2 nitrogen and oxygen atoms in total. The van der Waals surface area contributed by atoms with Crippen molar-refractivity contribution in [3.63, 3.8) is 0 Å². The molecule has 2 rings (SSSR count). The first kappa shape index (κ1) is 14.3. The highest BCUT2D eigenvalue weighted by atomic mass is 16.7. The molecular formula is C17H24O2. The van der Waals surface area contributed by atoms with E-state index in [0.29, 0.717) is 12.0 Å². The maximum atomic E-state index is 6.04. The largest absolute Gasteiger partial charge is 0.349 e. The molecular weight excluding hydrogens is 236 g/mol. The van der Waals surface area contributed by atoms with E-state index in [9.17, 15) is 0 Å². The summed E-state index contributed by atoms with van der Waals surface area (Å²) in [6.07, 6.45) is 7.64. The number of hydrogen-bond acceptors (Lipinski definition) is 2. The van der Waals surface area contributed by atoms with Crippen molar-refractivity contribution >= 4 is 6.08 Å². The summed E-state index contributed by atoms with van der Waals surface area (Å²) in [7, 11) is 0. The number of benzene rings is 1. The Labute approximate surface area is 116 Å². The fourth-order valence-electron chi connectivity index (χ4n) is 2.47. The average Bonchev–Trinajstić information content (AvgIpc) is 2.47. The van der Waals surface area contributed by atoms with Crippen molar-refractivity contribution in [3.8, 4) is 0 Å². The second kappa shape index (κ2) is 7.46. The van der Waals surface area contributed by atoms with Gasteiger partial charge in [0, 0.05) is 5.92 Å². The Morgan fingerprint density at radius 1 is 1.21 bits per heavy atom. The van der Waals surface area contributed by atoms with Crippen LogP contribution in [-0.2, 0) is 9.47 Å². The fourth-order valence-corrected chi connectivity index (χ4v) is 2.47.